The molecular weight excluding hydrogens is 362 g/mol. The molecule has 0 unspecified atom stereocenters. The highest BCUT2D eigenvalue weighted by Gasteiger charge is 2.07. The molecule has 0 radical (unpaired) electrons. The first-order chi connectivity index (χ1) is 13.1. The molecule has 2 aromatic carbocycles. The van der Waals surface area contributed by atoms with Gasteiger partial charge in [-0.25, -0.2) is 4.98 Å². The topological polar surface area (TPSA) is 63.2 Å². The first-order valence-electron chi connectivity index (χ1n) is 8.54. The van der Waals surface area contributed by atoms with Crippen LogP contribution in [0.2, 0.25) is 5.02 Å². The fourth-order valence-electron chi connectivity index (χ4n) is 2.50. The predicted molar refractivity (Wildman–Crippen MR) is 109 cm³/mol. The van der Waals surface area contributed by atoms with Gasteiger partial charge in [0.15, 0.2) is 0 Å². The lowest BCUT2D eigenvalue weighted by Crippen LogP contribution is -2.13. The van der Waals surface area contributed by atoms with E-state index in [1.807, 2.05) is 24.3 Å². The molecule has 1 amide bonds. The molecule has 6 heteroatoms. The van der Waals surface area contributed by atoms with E-state index in [4.69, 9.17) is 16.3 Å². The van der Waals surface area contributed by atoms with Crippen LogP contribution in [0.1, 0.15) is 15.9 Å². The number of pyridine rings is 1. The van der Waals surface area contributed by atoms with Gasteiger partial charge in [-0.3, -0.25) is 4.79 Å². The third-order valence-electron chi connectivity index (χ3n) is 4.01. The van der Waals surface area contributed by atoms with Crippen LogP contribution in [-0.4, -0.2) is 24.5 Å². The molecule has 0 spiro atoms. The van der Waals surface area contributed by atoms with Crippen LogP contribution in [0.25, 0.3) is 0 Å². The van der Waals surface area contributed by atoms with Crippen molar-refractivity contribution in [2.24, 2.45) is 0 Å². The van der Waals surface area contributed by atoms with Crippen molar-refractivity contribution in [1.29, 1.82) is 0 Å². The van der Waals surface area contributed by atoms with E-state index in [0.29, 0.717) is 16.3 Å². The fraction of sp³-hybridized carbons (Fsp3) is 0.143. The minimum absolute atomic E-state index is 0.213. The Labute approximate surface area is 163 Å². The number of amides is 1. The smallest absolute Gasteiger partial charge is 0.257 e. The maximum Gasteiger partial charge on any atom is 0.257 e. The highest BCUT2D eigenvalue weighted by molar-refractivity contribution is 6.30. The molecule has 5 nitrogen and oxygen atoms in total. The van der Waals surface area contributed by atoms with Gasteiger partial charge in [-0.2, -0.15) is 0 Å². The number of carbonyl (C=O) groups is 1. The summed E-state index contributed by atoms with van der Waals surface area (Å²) in [5.74, 6) is 1.36. The van der Waals surface area contributed by atoms with E-state index in [-0.39, 0.29) is 5.91 Å². The summed E-state index contributed by atoms with van der Waals surface area (Å²) in [5.41, 5.74) is 2.39. The molecular formula is C21H20ClN3O2. The highest BCUT2D eigenvalue weighted by atomic mass is 35.5. The molecule has 1 heterocycles. The number of aromatic nitrogens is 1. The van der Waals surface area contributed by atoms with Gasteiger partial charge in [0, 0.05) is 23.5 Å². The van der Waals surface area contributed by atoms with Gasteiger partial charge in [0.25, 0.3) is 5.91 Å². The number of benzene rings is 2. The standard InChI is InChI=1S/C21H20ClN3O2/c1-27-19-9-2-15(3-10-19)12-13-23-20-11-4-16(14-24-20)21(26)25-18-7-5-17(22)6-8-18/h2-11,14H,12-13H2,1H3,(H,23,24)(H,25,26). The summed E-state index contributed by atoms with van der Waals surface area (Å²) in [4.78, 5) is 16.5. The number of carbonyl (C=O) groups excluding carboxylic acids is 1. The number of hydrogen-bond donors (Lipinski definition) is 2. The third-order valence-corrected chi connectivity index (χ3v) is 4.26. The minimum atomic E-state index is -0.213. The first kappa shape index (κ1) is 18.7. The van der Waals surface area contributed by atoms with Crippen LogP contribution < -0.4 is 15.4 Å². The number of nitrogens with one attached hydrogen (secondary N) is 2. The van der Waals surface area contributed by atoms with Gasteiger partial charge >= 0.3 is 0 Å². The Morgan fingerprint density at radius 2 is 1.78 bits per heavy atom. The van der Waals surface area contributed by atoms with Crippen LogP contribution in [-0.2, 0) is 6.42 Å². The lowest BCUT2D eigenvalue weighted by Gasteiger charge is -2.08. The third kappa shape index (κ3) is 5.46. The van der Waals surface area contributed by atoms with Gasteiger partial charge in [0.05, 0.1) is 12.7 Å². The minimum Gasteiger partial charge on any atom is -0.497 e. The zero-order valence-corrected chi connectivity index (χ0v) is 15.7. The molecule has 138 valence electrons. The normalized spacial score (nSPS) is 10.3. The Balaban J connectivity index is 1.50. The van der Waals surface area contributed by atoms with Crippen LogP contribution >= 0.6 is 11.6 Å². The molecule has 27 heavy (non-hydrogen) atoms. The zero-order valence-electron chi connectivity index (χ0n) is 14.9. The second-order valence-corrected chi connectivity index (χ2v) is 6.35. The molecule has 0 fully saturated rings. The van der Waals surface area contributed by atoms with Crippen molar-refractivity contribution in [3.05, 3.63) is 83.0 Å². The maximum atomic E-state index is 12.2. The average molecular weight is 382 g/mol. The van der Waals surface area contributed by atoms with Crippen molar-refractivity contribution in [1.82, 2.24) is 4.98 Å². The van der Waals surface area contributed by atoms with Crippen molar-refractivity contribution in [3.8, 4) is 5.75 Å². The van der Waals surface area contributed by atoms with Crippen LogP contribution in [0.15, 0.2) is 66.9 Å². The summed E-state index contributed by atoms with van der Waals surface area (Å²) in [6, 6.07) is 18.5. The second kappa shape index (κ2) is 9.05. The highest BCUT2D eigenvalue weighted by Crippen LogP contribution is 2.15. The first-order valence-corrected chi connectivity index (χ1v) is 8.91. The van der Waals surface area contributed by atoms with Gasteiger partial charge in [-0.1, -0.05) is 23.7 Å². The van der Waals surface area contributed by atoms with Crippen LogP contribution in [0.4, 0.5) is 11.5 Å². The van der Waals surface area contributed by atoms with Gasteiger partial charge in [0.1, 0.15) is 11.6 Å². The Hall–Kier alpha value is -3.05. The Bertz CT molecular complexity index is 879. The molecule has 0 saturated carbocycles. The fourth-order valence-corrected chi connectivity index (χ4v) is 2.62. The molecule has 1 aromatic heterocycles. The zero-order chi connectivity index (χ0) is 19.1. The lowest BCUT2D eigenvalue weighted by atomic mass is 10.1. The molecule has 2 N–H and O–H groups in total. The predicted octanol–water partition coefficient (Wildman–Crippen LogP) is 4.65. The largest absolute Gasteiger partial charge is 0.497 e. The number of rotatable bonds is 7. The lowest BCUT2D eigenvalue weighted by molar-refractivity contribution is 0.102. The number of methoxy groups -OCH3 is 1. The van der Waals surface area contributed by atoms with Crippen molar-refractivity contribution in [3.63, 3.8) is 0 Å². The van der Waals surface area contributed by atoms with Crippen molar-refractivity contribution >= 4 is 29.0 Å². The molecule has 0 saturated heterocycles. The van der Waals surface area contributed by atoms with Crippen LogP contribution in [0.5, 0.6) is 5.75 Å². The number of ether oxygens (including phenoxy) is 1. The molecule has 0 bridgehead atoms. The van der Waals surface area contributed by atoms with Crippen LogP contribution in [0, 0.1) is 0 Å². The summed E-state index contributed by atoms with van der Waals surface area (Å²) in [5, 5.41) is 6.69. The van der Waals surface area contributed by atoms with Crippen molar-refractivity contribution < 1.29 is 9.53 Å². The van der Waals surface area contributed by atoms with Crippen LogP contribution in [0.3, 0.4) is 0 Å². The van der Waals surface area contributed by atoms with E-state index in [0.717, 1.165) is 24.5 Å². The monoisotopic (exact) mass is 381 g/mol. The Morgan fingerprint density at radius 1 is 1.04 bits per heavy atom. The SMILES string of the molecule is COc1ccc(CCNc2ccc(C(=O)Nc3ccc(Cl)cc3)cn2)cc1. The molecule has 0 aliphatic carbocycles. The number of halogens is 1. The molecule has 3 rings (SSSR count). The average Bonchev–Trinajstić information content (AvgIpc) is 2.71. The number of hydrogen-bond acceptors (Lipinski definition) is 4. The Morgan fingerprint density at radius 3 is 2.41 bits per heavy atom. The Kier molecular flexibility index (Phi) is 6.28. The van der Waals surface area contributed by atoms with E-state index in [2.05, 4.69) is 15.6 Å². The quantitative estimate of drug-likeness (QED) is 0.625. The van der Waals surface area contributed by atoms with E-state index in [9.17, 15) is 4.79 Å². The van der Waals surface area contributed by atoms with E-state index >= 15 is 0 Å². The molecule has 0 atom stereocenters. The van der Waals surface area contributed by atoms with Gasteiger partial charge in [0.2, 0.25) is 0 Å². The van der Waals surface area contributed by atoms with E-state index in [1.165, 1.54) is 5.56 Å². The van der Waals surface area contributed by atoms with Gasteiger partial charge < -0.3 is 15.4 Å². The molecule has 3 aromatic rings. The van der Waals surface area contributed by atoms with Crippen molar-refractivity contribution in [2.75, 3.05) is 24.3 Å². The molecule has 0 aliphatic heterocycles. The summed E-state index contributed by atoms with van der Waals surface area (Å²) >= 11 is 5.84. The maximum absolute atomic E-state index is 12.2. The van der Waals surface area contributed by atoms with Crippen molar-refractivity contribution in [2.45, 2.75) is 6.42 Å². The number of nitrogens with zero attached hydrogens (tertiary/aromatic N) is 1. The summed E-state index contributed by atoms with van der Waals surface area (Å²) in [6.45, 7) is 0.746. The summed E-state index contributed by atoms with van der Waals surface area (Å²) in [6.07, 6.45) is 2.42. The summed E-state index contributed by atoms with van der Waals surface area (Å²) in [7, 11) is 1.65. The molecule has 0 aliphatic rings. The van der Waals surface area contributed by atoms with Gasteiger partial charge in [-0.15, -0.1) is 0 Å². The van der Waals surface area contributed by atoms with E-state index in [1.54, 1.807) is 49.7 Å². The summed E-state index contributed by atoms with van der Waals surface area (Å²) < 4.78 is 5.15. The second-order valence-electron chi connectivity index (χ2n) is 5.92. The number of anilines is 2. The van der Waals surface area contributed by atoms with E-state index < -0.39 is 0 Å². The van der Waals surface area contributed by atoms with Gasteiger partial charge in [-0.05, 0) is 60.5 Å².